The van der Waals surface area contributed by atoms with Crippen LogP contribution in [0.2, 0.25) is 0 Å². The molecule has 0 radical (unpaired) electrons. The average Bonchev–Trinajstić information content (AvgIpc) is 2.54. The highest BCUT2D eigenvalue weighted by Crippen LogP contribution is 2.37. The third-order valence-corrected chi connectivity index (χ3v) is 3.43. The van der Waals surface area contributed by atoms with Crippen LogP contribution in [0.15, 0.2) is 60.7 Å². The van der Waals surface area contributed by atoms with Crippen LogP contribution in [-0.4, -0.2) is 12.5 Å². The normalized spacial score (nSPS) is 15.2. The molecule has 0 amide bonds. The summed E-state index contributed by atoms with van der Waals surface area (Å²) < 4.78 is 39.4. The van der Waals surface area contributed by atoms with E-state index in [1.165, 1.54) is 24.3 Å². The summed E-state index contributed by atoms with van der Waals surface area (Å²) in [6, 6.07) is 14.0. The molecule has 2 aromatic rings. The summed E-state index contributed by atoms with van der Waals surface area (Å²) in [7, 11) is 0. The van der Waals surface area contributed by atoms with Gasteiger partial charge in [0.2, 0.25) is 0 Å². The minimum Gasteiger partial charge on any atom is -0.336 e. The summed E-state index contributed by atoms with van der Waals surface area (Å²) in [6.45, 7) is 0.0445. The molecule has 1 aliphatic heterocycles. The topological polar surface area (TPSA) is 29.5 Å². The molecule has 1 heterocycles. The lowest BCUT2D eigenvalue weighted by atomic mass is 10.0. The van der Waals surface area contributed by atoms with Crippen molar-refractivity contribution in [1.29, 1.82) is 0 Å². The van der Waals surface area contributed by atoms with Gasteiger partial charge in [0.1, 0.15) is 0 Å². The fourth-order valence-electron chi connectivity index (χ4n) is 2.40. The van der Waals surface area contributed by atoms with Crippen LogP contribution in [0.1, 0.15) is 11.1 Å². The molecule has 0 bridgehead atoms. The summed E-state index contributed by atoms with van der Waals surface area (Å²) in [5.41, 5.74) is 0.328. The first-order chi connectivity index (χ1) is 10.9. The van der Waals surface area contributed by atoms with E-state index in [9.17, 15) is 18.0 Å². The number of nitrogens with zero attached hydrogens (tertiary/aromatic N) is 1. The third kappa shape index (κ3) is 3.21. The van der Waals surface area contributed by atoms with Gasteiger partial charge < -0.3 is 4.84 Å². The average molecular weight is 319 g/mol. The highest BCUT2D eigenvalue weighted by molar-refractivity contribution is 5.95. The molecule has 0 saturated heterocycles. The third-order valence-electron chi connectivity index (χ3n) is 3.43. The van der Waals surface area contributed by atoms with Crippen LogP contribution in [0, 0.1) is 0 Å². The number of carbonyl (C=O) groups excluding carboxylic acids is 1. The second-order valence-corrected chi connectivity index (χ2v) is 5.00. The Hall–Kier alpha value is -2.76. The number of alkyl halides is 3. The number of hydrogen-bond acceptors (Lipinski definition) is 3. The SMILES string of the molecule is O=C1C=C(c2ccccc2)CN(c2ccccc2C(F)(F)F)O1. The number of hydroxylamine groups is 1. The maximum absolute atomic E-state index is 13.1. The molecular weight excluding hydrogens is 307 g/mol. The van der Waals surface area contributed by atoms with E-state index in [0.29, 0.717) is 5.57 Å². The number of rotatable bonds is 2. The molecule has 0 atom stereocenters. The summed E-state index contributed by atoms with van der Waals surface area (Å²) in [5.74, 6) is -0.702. The van der Waals surface area contributed by atoms with Crippen LogP contribution >= 0.6 is 0 Å². The lowest BCUT2D eigenvalue weighted by Gasteiger charge is -2.29. The number of halogens is 3. The van der Waals surface area contributed by atoms with Crippen LogP contribution in [0.5, 0.6) is 0 Å². The Balaban J connectivity index is 1.98. The Morgan fingerprint density at radius 2 is 1.61 bits per heavy atom. The van der Waals surface area contributed by atoms with Crippen molar-refractivity contribution in [2.24, 2.45) is 0 Å². The molecule has 3 rings (SSSR count). The van der Waals surface area contributed by atoms with E-state index in [1.807, 2.05) is 6.07 Å². The molecule has 0 spiro atoms. The van der Waals surface area contributed by atoms with Crippen molar-refractivity contribution in [3.63, 3.8) is 0 Å². The molecule has 6 heteroatoms. The number of carbonyl (C=O) groups is 1. The highest BCUT2D eigenvalue weighted by Gasteiger charge is 2.36. The van der Waals surface area contributed by atoms with Gasteiger partial charge in [-0.15, -0.1) is 0 Å². The predicted octanol–water partition coefficient (Wildman–Crippen LogP) is 4.07. The van der Waals surface area contributed by atoms with E-state index in [0.717, 1.165) is 16.7 Å². The maximum Gasteiger partial charge on any atom is 0.418 e. The van der Waals surface area contributed by atoms with Gasteiger partial charge in [-0.05, 0) is 23.3 Å². The fraction of sp³-hybridized carbons (Fsp3) is 0.118. The first-order valence-electron chi connectivity index (χ1n) is 6.87. The molecule has 0 fully saturated rings. The zero-order valence-electron chi connectivity index (χ0n) is 11.9. The number of para-hydroxylation sites is 1. The van der Waals surface area contributed by atoms with Gasteiger partial charge in [0, 0.05) is 6.08 Å². The second-order valence-electron chi connectivity index (χ2n) is 5.00. The van der Waals surface area contributed by atoms with Crippen LogP contribution in [0.25, 0.3) is 5.57 Å². The van der Waals surface area contributed by atoms with Gasteiger partial charge in [-0.1, -0.05) is 42.5 Å². The molecule has 2 aromatic carbocycles. The minimum absolute atomic E-state index is 0.0445. The molecule has 0 N–H and O–H groups in total. The lowest BCUT2D eigenvalue weighted by Crippen LogP contribution is -2.33. The largest absolute Gasteiger partial charge is 0.418 e. The van der Waals surface area contributed by atoms with E-state index in [4.69, 9.17) is 4.84 Å². The van der Waals surface area contributed by atoms with E-state index in [2.05, 4.69) is 0 Å². The van der Waals surface area contributed by atoms with Crippen LogP contribution in [-0.2, 0) is 15.8 Å². The van der Waals surface area contributed by atoms with Crippen molar-refractivity contribution in [2.75, 3.05) is 11.6 Å². The van der Waals surface area contributed by atoms with Crippen LogP contribution < -0.4 is 5.06 Å². The Labute approximate surface area is 130 Å². The zero-order valence-corrected chi connectivity index (χ0v) is 11.9. The zero-order chi connectivity index (χ0) is 16.4. The van der Waals surface area contributed by atoms with Gasteiger partial charge in [-0.3, -0.25) is 0 Å². The summed E-state index contributed by atoms with van der Waals surface area (Å²) in [6.07, 6.45) is -3.24. The molecule has 118 valence electrons. The first kappa shape index (κ1) is 15.1. The van der Waals surface area contributed by atoms with Crippen molar-refractivity contribution in [1.82, 2.24) is 0 Å². The van der Waals surface area contributed by atoms with E-state index < -0.39 is 17.7 Å². The smallest absolute Gasteiger partial charge is 0.336 e. The Morgan fingerprint density at radius 3 is 2.30 bits per heavy atom. The number of hydrogen-bond donors (Lipinski definition) is 0. The summed E-state index contributed by atoms with van der Waals surface area (Å²) in [5, 5.41) is 0.980. The van der Waals surface area contributed by atoms with E-state index in [1.54, 1.807) is 24.3 Å². The fourth-order valence-corrected chi connectivity index (χ4v) is 2.40. The first-order valence-corrected chi connectivity index (χ1v) is 6.87. The van der Waals surface area contributed by atoms with Crippen molar-refractivity contribution >= 4 is 17.2 Å². The van der Waals surface area contributed by atoms with Crippen molar-refractivity contribution in [3.8, 4) is 0 Å². The number of benzene rings is 2. The van der Waals surface area contributed by atoms with E-state index in [-0.39, 0.29) is 12.2 Å². The maximum atomic E-state index is 13.1. The van der Waals surface area contributed by atoms with E-state index >= 15 is 0 Å². The molecule has 0 aliphatic carbocycles. The lowest BCUT2D eigenvalue weighted by molar-refractivity contribution is -0.143. The summed E-state index contributed by atoms with van der Waals surface area (Å²) in [4.78, 5) is 16.7. The molecule has 3 nitrogen and oxygen atoms in total. The Bertz CT molecular complexity index is 754. The molecule has 0 saturated carbocycles. The molecular formula is C17H12F3NO2. The van der Waals surface area contributed by atoms with Gasteiger partial charge in [0.15, 0.2) is 0 Å². The Kier molecular flexibility index (Phi) is 3.82. The molecule has 23 heavy (non-hydrogen) atoms. The number of anilines is 1. The van der Waals surface area contributed by atoms with Crippen LogP contribution in [0.4, 0.5) is 18.9 Å². The second kappa shape index (κ2) is 5.79. The van der Waals surface area contributed by atoms with Gasteiger partial charge in [-0.2, -0.15) is 13.2 Å². The molecule has 0 unspecified atom stereocenters. The Morgan fingerprint density at radius 1 is 0.957 bits per heavy atom. The van der Waals surface area contributed by atoms with Crippen molar-refractivity contribution < 1.29 is 22.8 Å². The monoisotopic (exact) mass is 319 g/mol. The van der Waals surface area contributed by atoms with Crippen molar-refractivity contribution in [2.45, 2.75) is 6.18 Å². The predicted molar refractivity (Wildman–Crippen MR) is 79.3 cm³/mol. The summed E-state index contributed by atoms with van der Waals surface area (Å²) >= 11 is 0. The highest BCUT2D eigenvalue weighted by atomic mass is 19.4. The molecule has 0 aromatic heterocycles. The quantitative estimate of drug-likeness (QED) is 0.836. The molecule has 1 aliphatic rings. The van der Waals surface area contributed by atoms with Crippen molar-refractivity contribution in [3.05, 3.63) is 71.8 Å². The standard InChI is InChI=1S/C17H12F3NO2/c18-17(19,20)14-8-4-5-9-15(14)21-11-13(10-16(22)23-21)12-6-2-1-3-7-12/h1-10H,11H2. The van der Waals surface area contributed by atoms with Crippen LogP contribution in [0.3, 0.4) is 0 Å². The van der Waals surface area contributed by atoms with Gasteiger partial charge in [-0.25, -0.2) is 9.86 Å². The van der Waals surface area contributed by atoms with Gasteiger partial charge in [0.05, 0.1) is 17.8 Å². The van der Waals surface area contributed by atoms with Gasteiger partial charge >= 0.3 is 12.1 Å². The minimum atomic E-state index is -4.53. The van der Waals surface area contributed by atoms with Gasteiger partial charge in [0.25, 0.3) is 0 Å².